The molecule has 0 spiro atoms. The maximum absolute atomic E-state index is 12.0. The van der Waals surface area contributed by atoms with Crippen LogP contribution in [0.1, 0.15) is 38.6 Å². The molecule has 0 saturated heterocycles. The van der Waals surface area contributed by atoms with Crippen molar-refractivity contribution in [2.75, 3.05) is 7.11 Å². The van der Waals surface area contributed by atoms with E-state index in [1.807, 2.05) is 27.7 Å². The molecule has 0 saturated carbocycles. The second-order valence-electron chi connectivity index (χ2n) is 5.02. The fourth-order valence-corrected chi connectivity index (χ4v) is 2.04. The lowest BCUT2D eigenvalue weighted by molar-refractivity contribution is -0.123. The number of aryl methyl sites for hydroxylation is 2. The third kappa shape index (κ3) is 3.56. The third-order valence-corrected chi connectivity index (χ3v) is 3.48. The number of hydrogen-bond acceptors (Lipinski definition) is 3. The summed E-state index contributed by atoms with van der Waals surface area (Å²) in [5.74, 6) is 0.110. The van der Waals surface area contributed by atoms with Gasteiger partial charge in [0.15, 0.2) is 0 Å². The zero-order valence-corrected chi connectivity index (χ0v) is 12.5. The van der Waals surface area contributed by atoms with Gasteiger partial charge in [-0.05, 0) is 27.7 Å². The zero-order chi connectivity index (χ0) is 13.9. The molecule has 0 radical (unpaired) electrons. The maximum Gasteiger partial charge on any atom is 0.141 e. The van der Waals surface area contributed by atoms with Crippen molar-refractivity contribution in [1.82, 2.24) is 9.78 Å². The van der Waals surface area contributed by atoms with Crippen LogP contribution in [-0.2, 0) is 22.5 Å². The second-order valence-corrected chi connectivity index (χ2v) is 5.40. The molecule has 0 fully saturated rings. The van der Waals surface area contributed by atoms with Crippen LogP contribution < -0.4 is 0 Å². The molecule has 1 aromatic heterocycles. The fraction of sp³-hybridized carbons (Fsp3) is 0.692. The van der Waals surface area contributed by atoms with E-state index in [0.29, 0.717) is 24.4 Å². The minimum absolute atomic E-state index is 0.110. The van der Waals surface area contributed by atoms with Crippen LogP contribution in [0.25, 0.3) is 0 Å². The van der Waals surface area contributed by atoms with Gasteiger partial charge >= 0.3 is 0 Å². The van der Waals surface area contributed by atoms with Crippen LogP contribution in [0.3, 0.4) is 0 Å². The molecule has 0 N–H and O–H groups in total. The highest BCUT2D eigenvalue weighted by atomic mass is 35.5. The van der Waals surface area contributed by atoms with Gasteiger partial charge in [0, 0.05) is 26.5 Å². The van der Waals surface area contributed by atoms with E-state index in [4.69, 9.17) is 16.3 Å². The highest BCUT2D eigenvalue weighted by Crippen LogP contribution is 2.22. The van der Waals surface area contributed by atoms with Crippen LogP contribution in [0.4, 0.5) is 0 Å². The summed E-state index contributed by atoms with van der Waals surface area (Å²) >= 11 is 6.18. The smallest absolute Gasteiger partial charge is 0.141 e. The number of hydrogen-bond donors (Lipinski definition) is 0. The van der Waals surface area contributed by atoms with Crippen LogP contribution in [0.15, 0.2) is 0 Å². The lowest BCUT2D eigenvalue weighted by Gasteiger charge is -2.21. The van der Waals surface area contributed by atoms with Crippen molar-refractivity contribution in [2.24, 2.45) is 0 Å². The number of carbonyl (C=O) groups excluding carboxylic acids is 1. The average molecular weight is 273 g/mol. The predicted molar refractivity (Wildman–Crippen MR) is 72.1 cm³/mol. The van der Waals surface area contributed by atoms with Crippen LogP contribution in [-0.4, -0.2) is 28.3 Å². The van der Waals surface area contributed by atoms with E-state index in [1.54, 1.807) is 11.8 Å². The Morgan fingerprint density at radius 1 is 1.50 bits per heavy atom. The molecule has 4 nitrogen and oxygen atoms in total. The monoisotopic (exact) mass is 272 g/mol. The van der Waals surface area contributed by atoms with Crippen molar-refractivity contribution in [3.8, 4) is 0 Å². The first-order chi connectivity index (χ1) is 8.30. The summed E-state index contributed by atoms with van der Waals surface area (Å²) in [4.78, 5) is 12.0. The van der Waals surface area contributed by atoms with Gasteiger partial charge in [0.1, 0.15) is 5.78 Å². The fourth-order valence-electron chi connectivity index (χ4n) is 1.83. The number of aromatic nitrogens is 2. The molecule has 0 atom stereocenters. The van der Waals surface area contributed by atoms with E-state index in [1.165, 1.54) is 0 Å². The van der Waals surface area contributed by atoms with Crippen molar-refractivity contribution in [1.29, 1.82) is 0 Å². The van der Waals surface area contributed by atoms with E-state index >= 15 is 0 Å². The summed E-state index contributed by atoms with van der Waals surface area (Å²) in [7, 11) is 1.61. The Labute approximate surface area is 113 Å². The molecule has 0 aliphatic carbocycles. The Balaban J connectivity index is 2.82. The highest BCUT2D eigenvalue weighted by Gasteiger charge is 2.23. The van der Waals surface area contributed by atoms with E-state index in [2.05, 4.69) is 5.10 Å². The van der Waals surface area contributed by atoms with Crippen molar-refractivity contribution in [2.45, 2.75) is 52.7 Å². The number of methoxy groups -OCH3 is 1. The first-order valence-corrected chi connectivity index (χ1v) is 6.47. The van der Waals surface area contributed by atoms with Gasteiger partial charge in [-0.15, -0.1) is 0 Å². The zero-order valence-electron chi connectivity index (χ0n) is 11.7. The van der Waals surface area contributed by atoms with Crippen molar-refractivity contribution in [3.63, 3.8) is 0 Å². The number of nitrogens with zero attached hydrogens (tertiary/aromatic N) is 2. The molecule has 18 heavy (non-hydrogen) atoms. The molecule has 0 unspecified atom stereocenters. The minimum Gasteiger partial charge on any atom is -0.378 e. The summed E-state index contributed by atoms with van der Waals surface area (Å²) < 4.78 is 7.05. The molecule has 1 rings (SSSR count). The summed E-state index contributed by atoms with van der Waals surface area (Å²) in [6.07, 6.45) is 0.675. The Kier molecular flexibility index (Phi) is 4.93. The number of Topliss-reactive ketones (excluding diaryl/α,β-unsaturated/α-hetero) is 1. The lowest BCUT2D eigenvalue weighted by Crippen LogP contribution is -2.27. The summed E-state index contributed by atoms with van der Waals surface area (Å²) in [5, 5.41) is 4.90. The molecule has 1 heterocycles. The molecule has 0 bridgehead atoms. The van der Waals surface area contributed by atoms with Gasteiger partial charge < -0.3 is 4.74 Å². The first-order valence-electron chi connectivity index (χ1n) is 6.09. The summed E-state index contributed by atoms with van der Waals surface area (Å²) in [6, 6.07) is 0. The molecule has 1 aromatic rings. The first kappa shape index (κ1) is 15.2. The van der Waals surface area contributed by atoms with Gasteiger partial charge in [0.25, 0.3) is 0 Å². The summed E-state index contributed by atoms with van der Waals surface area (Å²) in [5.41, 5.74) is 1.14. The normalized spacial score (nSPS) is 11.9. The average Bonchev–Trinajstić information content (AvgIpc) is 2.56. The van der Waals surface area contributed by atoms with E-state index in [9.17, 15) is 4.79 Å². The van der Waals surface area contributed by atoms with Gasteiger partial charge in [0.05, 0.1) is 22.0 Å². The van der Waals surface area contributed by atoms with E-state index < -0.39 is 5.60 Å². The maximum atomic E-state index is 12.0. The molecule has 102 valence electrons. The third-order valence-electron chi connectivity index (χ3n) is 2.99. The van der Waals surface area contributed by atoms with E-state index in [0.717, 1.165) is 11.4 Å². The van der Waals surface area contributed by atoms with Crippen molar-refractivity contribution >= 4 is 17.4 Å². The van der Waals surface area contributed by atoms with Gasteiger partial charge in [-0.1, -0.05) is 11.6 Å². The number of ketones is 1. The lowest BCUT2D eigenvalue weighted by atomic mass is 9.99. The number of carbonyl (C=O) groups is 1. The molecule has 0 aromatic carbocycles. The highest BCUT2D eigenvalue weighted by molar-refractivity contribution is 6.32. The molecular formula is C13H21ClN2O2. The summed E-state index contributed by atoms with van der Waals surface area (Å²) in [6.45, 7) is 8.34. The Hall–Kier alpha value is -0.870. The van der Waals surface area contributed by atoms with Crippen LogP contribution in [0, 0.1) is 6.92 Å². The van der Waals surface area contributed by atoms with Gasteiger partial charge in [-0.25, -0.2) is 0 Å². The Bertz CT molecular complexity index is 438. The second kappa shape index (κ2) is 5.85. The largest absolute Gasteiger partial charge is 0.378 e. The number of ether oxygens (including phenoxy) is 1. The van der Waals surface area contributed by atoms with Gasteiger partial charge in [-0.2, -0.15) is 5.10 Å². The molecule has 0 aliphatic heterocycles. The standard InChI is InChI=1S/C13H21ClN2O2/c1-6-16-11(12(14)9(2)15-16)7-10(17)8-13(3,4)18-5/h6-8H2,1-5H3. The van der Waals surface area contributed by atoms with Crippen molar-refractivity contribution in [3.05, 3.63) is 16.4 Å². The van der Waals surface area contributed by atoms with Crippen molar-refractivity contribution < 1.29 is 9.53 Å². The molecular weight excluding hydrogens is 252 g/mol. The Morgan fingerprint density at radius 3 is 2.61 bits per heavy atom. The van der Waals surface area contributed by atoms with Gasteiger partial charge in [-0.3, -0.25) is 9.48 Å². The Morgan fingerprint density at radius 2 is 2.11 bits per heavy atom. The quantitative estimate of drug-likeness (QED) is 0.800. The van der Waals surface area contributed by atoms with Crippen LogP contribution >= 0.6 is 11.6 Å². The molecule has 0 aliphatic rings. The van der Waals surface area contributed by atoms with E-state index in [-0.39, 0.29) is 5.78 Å². The number of rotatable bonds is 6. The molecule has 0 amide bonds. The van der Waals surface area contributed by atoms with Crippen LogP contribution in [0.5, 0.6) is 0 Å². The topological polar surface area (TPSA) is 44.1 Å². The van der Waals surface area contributed by atoms with Crippen LogP contribution in [0.2, 0.25) is 5.02 Å². The predicted octanol–water partition coefficient (Wildman–Crippen LogP) is 2.79. The molecule has 5 heteroatoms. The number of halogens is 1. The SMILES string of the molecule is CCn1nc(C)c(Cl)c1CC(=O)CC(C)(C)OC. The minimum atomic E-state index is -0.435. The van der Waals surface area contributed by atoms with Gasteiger partial charge in [0.2, 0.25) is 0 Å².